The molecule has 4 bridgehead atoms. The first kappa shape index (κ1) is 33.7. The van der Waals surface area contributed by atoms with Crippen molar-refractivity contribution in [3.8, 4) is 17.1 Å². The summed E-state index contributed by atoms with van der Waals surface area (Å²) in [6.45, 7) is 12.5. The number of hydrogen-bond donors (Lipinski definition) is 2. The normalized spacial score (nSPS) is 26.4. The summed E-state index contributed by atoms with van der Waals surface area (Å²) in [6.07, 6.45) is 3.31. The Morgan fingerprint density at radius 2 is 1.75 bits per heavy atom. The number of alkyl carbamates (subject to hydrolysis) is 1. The Labute approximate surface area is 282 Å². The molecule has 1 atom stereocenters. The Kier molecular flexibility index (Phi) is 8.46. The number of hydrogen-bond acceptors (Lipinski definition) is 8. The molecule has 3 aromatic rings. The molecule has 2 fully saturated rings. The van der Waals surface area contributed by atoms with Crippen molar-refractivity contribution in [3.63, 3.8) is 0 Å². The number of anilines is 1. The lowest BCUT2D eigenvalue weighted by Gasteiger charge is -2.64. The quantitative estimate of drug-likeness (QED) is 0.331. The maximum absolute atomic E-state index is 14.5. The van der Waals surface area contributed by atoms with Crippen molar-refractivity contribution in [1.29, 1.82) is 0 Å². The number of nitrogens with one attached hydrogen (secondary N) is 2. The van der Waals surface area contributed by atoms with Gasteiger partial charge in [-0.2, -0.15) is 4.98 Å². The van der Waals surface area contributed by atoms with Gasteiger partial charge in [0.1, 0.15) is 6.61 Å². The van der Waals surface area contributed by atoms with Crippen LogP contribution in [0.4, 0.5) is 10.7 Å². The Morgan fingerprint density at radius 1 is 1.08 bits per heavy atom. The number of benzene rings is 2. The molecule has 1 aromatic heterocycles. The van der Waals surface area contributed by atoms with E-state index in [1.807, 2.05) is 43.9 Å². The van der Waals surface area contributed by atoms with Gasteiger partial charge in [0.15, 0.2) is 0 Å². The number of carbonyl (C=O) groups is 2. The first-order valence-corrected chi connectivity index (χ1v) is 17.9. The van der Waals surface area contributed by atoms with E-state index in [2.05, 4.69) is 40.8 Å². The van der Waals surface area contributed by atoms with Crippen molar-refractivity contribution in [3.05, 3.63) is 65.2 Å². The zero-order valence-electron chi connectivity index (χ0n) is 28.7. The van der Waals surface area contributed by atoms with Crippen LogP contribution in [-0.4, -0.2) is 66.6 Å². The van der Waals surface area contributed by atoms with Crippen LogP contribution in [0.2, 0.25) is 0 Å². The molecule has 1 aliphatic heterocycles. The summed E-state index contributed by atoms with van der Waals surface area (Å²) in [5.74, 6) is -0.140. The van der Waals surface area contributed by atoms with Gasteiger partial charge in [-0.15, -0.1) is 0 Å². The zero-order valence-corrected chi connectivity index (χ0v) is 29.5. The minimum Gasteiger partial charge on any atom is -0.475 e. The number of nitrogens with zero attached hydrogens (tertiary/aromatic N) is 3. The maximum Gasteiger partial charge on any atom is 0.407 e. The van der Waals surface area contributed by atoms with Crippen LogP contribution in [0.5, 0.6) is 5.88 Å². The van der Waals surface area contributed by atoms with Gasteiger partial charge in [0.2, 0.25) is 11.8 Å². The van der Waals surface area contributed by atoms with E-state index in [9.17, 15) is 18.0 Å². The number of ether oxygens (including phenoxy) is 2. The summed E-state index contributed by atoms with van der Waals surface area (Å²) in [5, 5.41) is 2.96. The number of sulfonamides is 1. The fraction of sp³-hybridized carbons (Fsp3) is 0.500. The van der Waals surface area contributed by atoms with Gasteiger partial charge in [0, 0.05) is 28.8 Å². The Bertz CT molecular complexity index is 1840. The molecule has 0 unspecified atom stereocenters. The van der Waals surface area contributed by atoms with Gasteiger partial charge >= 0.3 is 6.09 Å². The topological polar surface area (TPSA) is 140 Å². The van der Waals surface area contributed by atoms with Crippen LogP contribution in [0, 0.1) is 24.7 Å². The smallest absolute Gasteiger partial charge is 0.407 e. The number of carbonyl (C=O) groups excluding carboxylic acids is 2. The lowest BCUT2D eigenvalue weighted by Crippen LogP contribution is -2.68. The van der Waals surface area contributed by atoms with Gasteiger partial charge in [-0.25, -0.2) is 22.9 Å². The largest absolute Gasteiger partial charge is 0.475 e. The molecule has 6 rings (SSSR count). The minimum absolute atomic E-state index is 0.00595. The number of fused-ring (bicyclic) bond motifs is 4. The zero-order chi connectivity index (χ0) is 34.6. The average molecular weight is 676 g/mol. The van der Waals surface area contributed by atoms with Gasteiger partial charge in [0.25, 0.3) is 15.9 Å². The van der Waals surface area contributed by atoms with Crippen molar-refractivity contribution in [2.45, 2.75) is 96.2 Å². The minimum atomic E-state index is -4.16. The van der Waals surface area contributed by atoms with Crippen molar-refractivity contribution in [2.24, 2.45) is 10.8 Å². The van der Waals surface area contributed by atoms with Gasteiger partial charge in [-0.3, -0.25) is 4.79 Å². The van der Waals surface area contributed by atoms with Gasteiger partial charge < -0.3 is 19.7 Å². The van der Waals surface area contributed by atoms with Crippen LogP contribution in [0.1, 0.15) is 81.3 Å². The fourth-order valence-corrected chi connectivity index (χ4v) is 9.18. The highest BCUT2D eigenvalue weighted by atomic mass is 32.2. The molecule has 11 nitrogen and oxygen atoms in total. The molecule has 2 heterocycles. The first-order chi connectivity index (χ1) is 22.5. The summed E-state index contributed by atoms with van der Waals surface area (Å²) in [4.78, 5) is 37.5. The summed E-state index contributed by atoms with van der Waals surface area (Å²) >= 11 is 0. The summed E-state index contributed by atoms with van der Waals surface area (Å²) in [6, 6.07) is 13.4. The predicted octanol–water partition coefficient (Wildman–Crippen LogP) is 6.26. The monoisotopic (exact) mass is 675 g/mol. The number of rotatable bonds is 4. The summed E-state index contributed by atoms with van der Waals surface area (Å²) in [5.41, 5.74) is 3.14. The van der Waals surface area contributed by atoms with Crippen molar-refractivity contribution in [1.82, 2.24) is 20.2 Å². The molecule has 48 heavy (non-hydrogen) atoms. The molecule has 0 saturated heterocycles. The lowest BCUT2D eigenvalue weighted by molar-refractivity contribution is -0.106. The van der Waals surface area contributed by atoms with Crippen LogP contribution in [0.3, 0.4) is 0 Å². The molecule has 2 aliphatic carbocycles. The lowest BCUT2D eigenvalue weighted by atomic mass is 9.47. The Morgan fingerprint density at radius 3 is 2.40 bits per heavy atom. The van der Waals surface area contributed by atoms with E-state index < -0.39 is 16.1 Å². The van der Waals surface area contributed by atoms with E-state index in [4.69, 9.17) is 9.47 Å². The third kappa shape index (κ3) is 6.72. The highest BCUT2D eigenvalue weighted by Crippen LogP contribution is 2.61. The third-order valence-corrected chi connectivity index (χ3v) is 11.1. The highest BCUT2D eigenvalue weighted by molar-refractivity contribution is 7.92. The molecule has 12 heteroatoms. The maximum atomic E-state index is 14.5. The SMILES string of the molecule is COC(=O)NC1(C)CC2(CC(N3C(=O)c4cccc(c4)S(=O)(=O)Nc4nc(cc(-c5c(C)cccc5C)n4)OC[C@H]3CC(C)(C)C)C2)C1. The molecule has 1 spiro atoms. The van der Waals surface area contributed by atoms with Crippen molar-refractivity contribution >= 4 is 28.0 Å². The van der Waals surface area contributed by atoms with Gasteiger partial charge in [-0.05, 0) is 93.0 Å². The number of amides is 2. The highest BCUT2D eigenvalue weighted by Gasteiger charge is 2.60. The van der Waals surface area contributed by atoms with Crippen molar-refractivity contribution in [2.75, 3.05) is 18.4 Å². The first-order valence-electron chi connectivity index (χ1n) is 16.4. The standard InChI is InChI=1S/C36H45N5O6S/c1-22-10-8-11-23(2)30(22)28-15-29-38-32(37-28)40-48(44,45)27-13-9-12-24(14-27)31(42)41(26(19-47-29)16-34(3,4)5)25-17-36(18-25)20-35(6,21-36)39-33(43)46-7/h8-15,25-26H,16-21H2,1-7H3,(H,39,43)(H,37,38,40)/t25?,26-,35?,36?/m1/s1. The molecular formula is C36H45N5O6S. The Balaban J connectivity index is 1.40. The molecule has 256 valence electrons. The number of methoxy groups -OCH3 is 1. The molecule has 2 saturated carbocycles. The molecule has 2 aromatic carbocycles. The van der Waals surface area contributed by atoms with Gasteiger partial charge in [-0.1, -0.05) is 45.0 Å². The second-order valence-corrected chi connectivity index (χ2v) is 17.0. The molecule has 2 N–H and O–H groups in total. The molecule has 3 aliphatic rings. The fourth-order valence-electron chi connectivity index (χ4n) is 8.19. The van der Waals surface area contributed by atoms with Crippen LogP contribution in [0.15, 0.2) is 53.4 Å². The van der Waals surface area contributed by atoms with E-state index in [1.165, 1.54) is 19.2 Å². The summed E-state index contributed by atoms with van der Waals surface area (Å²) in [7, 11) is -2.80. The number of aryl methyl sites for hydroxylation is 2. The number of aromatic nitrogens is 2. The van der Waals surface area contributed by atoms with Crippen LogP contribution >= 0.6 is 0 Å². The second-order valence-electron chi connectivity index (χ2n) is 15.4. The molecule has 0 radical (unpaired) electrons. The summed E-state index contributed by atoms with van der Waals surface area (Å²) < 4.78 is 41.2. The van der Waals surface area contributed by atoms with Crippen LogP contribution in [0.25, 0.3) is 11.3 Å². The van der Waals surface area contributed by atoms with Crippen LogP contribution < -0.4 is 14.8 Å². The third-order valence-electron chi connectivity index (χ3n) is 9.81. The van der Waals surface area contributed by atoms with E-state index in [0.29, 0.717) is 12.1 Å². The average Bonchev–Trinajstić information content (AvgIpc) is 2.96. The second kappa shape index (κ2) is 12.0. The van der Waals surface area contributed by atoms with E-state index in [1.54, 1.807) is 18.2 Å². The van der Waals surface area contributed by atoms with Gasteiger partial charge in [0.05, 0.1) is 23.7 Å². The molecular weight excluding hydrogens is 630 g/mol. The predicted molar refractivity (Wildman–Crippen MR) is 182 cm³/mol. The van der Waals surface area contributed by atoms with Crippen LogP contribution in [-0.2, 0) is 14.8 Å². The van der Waals surface area contributed by atoms with E-state index in [-0.39, 0.29) is 63.3 Å². The van der Waals surface area contributed by atoms with E-state index in [0.717, 1.165) is 42.4 Å². The van der Waals surface area contributed by atoms with Crippen molar-refractivity contribution < 1.29 is 27.5 Å². The Hall–Kier alpha value is -4.19. The molecule has 2 amide bonds. The van der Waals surface area contributed by atoms with E-state index >= 15 is 0 Å².